The summed E-state index contributed by atoms with van der Waals surface area (Å²) in [7, 11) is -2.25. The number of thiophene rings is 1. The molecule has 4 aromatic rings. The van der Waals surface area contributed by atoms with E-state index in [0.717, 1.165) is 16.0 Å². The number of carbonyl (C=O) groups is 1. The first-order chi connectivity index (χ1) is 18.1. The van der Waals surface area contributed by atoms with Crippen LogP contribution in [0.25, 0.3) is 10.4 Å². The number of thiol groups is 1. The van der Waals surface area contributed by atoms with E-state index in [2.05, 4.69) is 20.0 Å². The molecule has 1 unspecified atom stereocenters. The van der Waals surface area contributed by atoms with Crippen LogP contribution < -0.4 is 10.6 Å². The smallest absolute Gasteiger partial charge is 0.441 e. The van der Waals surface area contributed by atoms with Gasteiger partial charge in [-0.1, -0.05) is 36.4 Å². The molecule has 1 amide bonds. The van der Waals surface area contributed by atoms with Crippen LogP contribution in [0.2, 0.25) is 0 Å². The van der Waals surface area contributed by atoms with Gasteiger partial charge >= 0.3 is 6.09 Å². The van der Waals surface area contributed by atoms with E-state index < -0.39 is 16.7 Å². The summed E-state index contributed by atoms with van der Waals surface area (Å²) in [6.07, 6.45) is 1.52. The van der Waals surface area contributed by atoms with Crippen molar-refractivity contribution in [2.24, 2.45) is 4.36 Å². The Morgan fingerprint density at radius 3 is 2.59 bits per heavy atom. The number of carbonyl (C=O) groups excluding carboxylic acids is 1. The first kappa shape index (κ1) is 26.3. The highest BCUT2D eigenvalue weighted by Crippen LogP contribution is 2.31. The van der Waals surface area contributed by atoms with Gasteiger partial charge in [-0.05, 0) is 54.6 Å². The molecule has 0 spiro atoms. The molecule has 0 aliphatic carbocycles. The van der Waals surface area contributed by atoms with Gasteiger partial charge in [0.25, 0.3) is 0 Å². The second kappa shape index (κ2) is 12.9. The van der Waals surface area contributed by atoms with Gasteiger partial charge < -0.3 is 20.5 Å². The molecule has 0 fully saturated rings. The van der Waals surface area contributed by atoms with Gasteiger partial charge in [0.15, 0.2) is 0 Å². The lowest BCUT2D eigenvalue weighted by Crippen LogP contribution is -2.27. The number of amides is 1. The number of nitrogens with zero attached hydrogens (tertiary/aromatic N) is 3. The molecule has 11 heteroatoms. The number of rotatable bonds is 10. The fraction of sp³-hybridized carbons (Fsp3) is 0.192. The number of anilines is 3. The van der Waals surface area contributed by atoms with E-state index >= 15 is 0 Å². The molecule has 2 atom stereocenters. The molecule has 0 saturated heterocycles. The minimum atomic E-state index is -2.25. The Balaban J connectivity index is 1.54. The van der Waals surface area contributed by atoms with Gasteiger partial charge in [-0.25, -0.2) is 14.0 Å². The quantitative estimate of drug-likeness (QED) is 0.205. The largest absolute Gasteiger partial charge is 0.448 e. The number of benzene rings is 2. The van der Waals surface area contributed by atoms with Gasteiger partial charge in [0.05, 0.1) is 35.4 Å². The van der Waals surface area contributed by atoms with Crippen LogP contribution in [0.1, 0.15) is 12.5 Å². The van der Waals surface area contributed by atoms with Crippen LogP contribution in [0.15, 0.2) is 87.6 Å². The fourth-order valence-electron chi connectivity index (χ4n) is 3.50. The van der Waals surface area contributed by atoms with E-state index in [1.807, 2.05) is 47.8 Å². The Hall–Kier alpha value is -3.80. The number of aliphatic hydroxyl groups excluding tert-OH is 1. The molecule has 0 radical (unpaired) electrons. The van der Waals surface area contributed by atoms with Gasteiger partial charge in [-0.15, -0.1) is 15.7 Å². The van der Waals surface area contributed by atoms with Crippen LogP contribution in [-0.4, -0.2) is 44.6 Å². The normalized spacial score (nSPS) is 12.6. The van der Waals surface area contributed by atoms with E-state index in [1.54, 1.807) is 48.7 Å². The summed E-state index contributed by atoms with van der Waals surface area (Å²) >= 11 is 1.58. The molecule has 9 nitrogen and oxygen atoms in total. The average Bonchev–Trinajstić information content (AvgIpc) is 3.44. The standard InChI is InChI=1S/C26H27N5O4S2/c1-2-35-26(33)31-37(34)21-12-10-19(11-13-21)29-25-27-16-22(23-9-6-14-36-23)24(30-25)28-20(17-32)15-18-7-4-3-5-8-18/h3-14,16,20,32,37H,2,15,17H2,1H3,(H2,27,28,29,30)/t20-/m1/s1. The summed E-state index contributed by atoms with van der Waals surface area (Å²) in [5.41, 5.74) is 2.60. The first-order valence-corrected chi connectivity index (χ1v) is 13.7. The molecule has 2 aromatic heterocycles. The van der Waals surface area contributed by atoms with Crippen LogP contribution in [0, 0.1) is 0 Å². The number of aromatic nitrogens is 2. The van der Waals surface area contributed by atoms with Crippen LogP contribution in [-0.2, 0) is 21.8 Å². The third-order valence-corrected chi connectivity index (χ3v) is 7.23. The number of hydrogen-bond donors (Lipinski definition) is 4. The number of aliphatic hydroxyl groups is 1. The van der Waals surface area contributed by atoms with Crippen molar-refractivity contribution in [2.45, 2.75) is 24.3 Å². The molecular formula is C26H27N5O4S2. The molecule has 2 heterocycles. The van der Waals surface area contributed by atoms with Crippen molar-refractivity contribution in [1.29, 1.82) is 0 Å². The maximum Gasteiger partial charge on any atom is 0.441 e. The van der Waals surface area contributed by atoms with E-state index in [-0.39, 0.29) is 19.3 Å². The molecule has 0 saturated carbocycles. The topological polar surface area (TPSA) is 126 Å². The SMILES string of the molecule is CCOC(=O)/N=[SH](=O)/c1ccc(Nc2ncc(-c3cccs3)c(N[C@@H](CO)Cc3ccccc3)n2)cc1. The van der Waals surface area contributed by atoms with Crippen molar-refractivity contribution in [3.8, 4) is 10.4 Å². The summed E-state index contributed by atoms with van der Waals surface area (Å²) in [4.78, 5) is 22.0. The van der Waals surface area contributed by atoms with E-state index in [1.165, 1.54) is 0 Å². The predicted molar refractivity (Wildman–Crippen MR) is 147 cm³/mol. The Labute approximate surface area is 220 Å². The molecule has 0 aliphatic rings. The van der Waals surface area contributed by atoms with Crippen LogP contribution in [0.5, 0.6) is 0 Å². The predicted octanol–water partition coefficient (Wildman–Crippen LogP) is 5.14. The van der Waals surface area contributed by atoms with Gasteiger partial charge in [-0.3, -0.25) is 0 Å². The highest BCUT2D eigenvalue weighted by molar-refractivity contribution is 7.75. The number of hydrogen-bond acceptors (Lipinski definition) is 9. The highest BCUT2D eigenvalue weighted by Gasteiger charge is 2.16. The molecule has 4 rings (SSSR count). The van der Waals surface area contributed by atoms with Crippen LogP contribution in [0.4, 0.5) is 22.2 Å². The van der Waals surface area contributed by atoms with Crippen molar-refractivity contribution in [3.05, 3.63) is 83.9 Å². The lowest BCUT2D eigenvalue weighted by Gasteiger charge is -2.19. The monoisotopic (exact) mass is 537 g/mol. The molecule has 3 N–H and O–H groups in total. The minimum Gasteiger partial charge on any atom is -0.448 e. The maximum absolute atomic E-state index is 12.3. The van der Waals surface area contributed by atoms with Crippen molar-refractivity contribution in [1.82, 2.24) is 9.97 Å². The summed E-state index contributed by atoms with van der Waals surface area (Å²) in [5.74, 6) is 0.954. The van der Waals surface area contributed by atoms with Crippen molar-refractivity contribution >= 4 is 45.5 Å². The molecule has 0 aliphatic heterocycles. The Morgan fingerprint density at radius 1 is 1.14 bits per heavy atom. The lowest BCUT2D eigenvalue weighted by molar-refractivity contribution is 0.164. The molecule has 37 heavy (non-hydrogen) atoms. The zero-order chi connectivity index (χ0) is 26.0. The van der Waals surface area contributed by atoms with Crippen LogP contribution >= 0.6 is 11.3 Å². The minimum absolute atomic E-state index is 0.0674. The Bertz CT molecular complexity index is 1390. The Kier molecular flexibility index (Phi) is 9.19. The van der Waals surface area contributed by atoms with Gasteiger partial charge in [0, 0.05) is 21.7 Å². The van der Waals surface area contributed by atoms with E-state index in [0.29, 0.717) is 28.8 Å². The first-order valence-electron chi connectivity index (χ1n) is 11.6. The van der Waals surface area contributed by atoms with E-state index in [4.69, 9.17) is 9.72 Å². The lowest BCUT2D eigenvalue weighted by atomic mass is 10.1. The molecule has 192 valence electrons. The van der Waals surface area contributed by atoms with Crippen molar-refractivity contribution in [3.63, 3.8) is 0 Å². The molecule has 0 bridgehead atoms. The third-order valence-electron chi connectivity index (χ3n) is 5.25. The highest BCUT2D eigenvalue weighted by atomic mass is 32.2. The summed E-state index contributed by atoms with van der Waals surface area (Å²) in [6, 6.07) is 20.3. The zero-order valence-electron chi connectivity index (χ0n) is 20.1. The number of nitrogens with one attached hydrogen (secondary N) is 2. The van der Waals surface area contributed by atoms with Gasteiger partial charge in [0.1, 0.15) is 5.82 Å². The Morgan fingerprint density at radius 2 is 1.92 bits per heavy atom. The molecular weight excluding hydrogens is 510 g/mol. The average molecular weight is 538 g/mol. The van der Waals surface area contributed by atoms with Gasteiger partial charge in [0.2, 0.25) is 5.95 Å². The zero-order valence-corrected chi connectivity index (χ0v) is 21.8. The second-order valence-corrected chi connectivity index (χ2v) is 10.1. The van der Waals surface area contributed by atoms with Crippen molar-refractivity contribution in [2.75, 3.05) is 23.8 Å². The second-order valence-electron chi connectivity index (χ2n) is 7.89. The summed E-state index contributed by atoms with van der Waals surface area (Å²) in [6.45, 7) is 1.76. The summed E-state index contributed by atoms with van der Waals surface area (Å²) in [5, 5.41) is 18.6. The van der Waals surface area contributed by atoms with Crippen molar-refractivity contribution < 1.29 is 18.8 Å². The fourth-order valence-corrected chi connectivity index (χ4v) is 4.97. The maximum atomic E-state index is 12.3. The number of ether oxygens (including phenoxy) is 1. The summed E-state index contributed by atoms with van der Waals surface area (Å²) < 4.78 is 20.5. The van der Waals surface area contributed by atoms with E-state index in [9.17, 15) is 14.1 Å². The third kappa shape index (κ3) is 7.35. The van der Waals surface area contributed by atoms with Crippen LogP contribution in [0.3, 0.4) is 0 Å². The molecule has 2 aromatic carbocycles. The van der Waals surface area contributed by atoms with Gasteiger partial charge in [-0.2, -0.15) is 4.98 Å².